The fourth-order valence-corrected chi connectivity index (χ4v) is 3.15. The topological polar surface area (TPSA) is 44.4 Å². The van der Waals surface area contributed by atoms with Crippen LogP contribution >= 0.6 is 23.2 Å². The Bertz CT molecular complexity index is 504. The van der Waals surface area contributed by atoms with Gasteiger partial charge in [-0.1, -0.05) is 35.3 Å². The monoisotopic (exact) mass is 343 g/mol. The van der Waals surface area contributed by atoms with Gasteiger partial charge in [0.1, 0.15) is 0 Å². The number of hydrogen-bond donors (Lipinski definition) is 2. The summed E-state index contributed by atoms with van der Waals surface area (Å²) in [6.45, 7) is 3.07. The number of nitrogens with zero attached hydrogens (tertiary/aromatic N) is 1. The van der Waals surface area contributed by atoms with Crippen molar-refractivity contribution in [3.8, 4) is 0 Å². The highest BCUT2D eigenvalue weighted by Crippen LogP contribution is 2.25. The van der Waals surface area contributed by atoms with E-state index >= 15 is 0 Å². The van der Waals surface area contributed by atoms with Crippen molar-refractivity contribution in [3.63, 3.8) is 0 Å². The highest BCUT2D eigenvalue weighted by Gasteiger charge is 2.19. The number of halogens is 2. The minimum absolute atomic E-state index is 0.0548. The zero-order valence-electron chi connectivity index (χ0n) is 12.9. The fourth-order valence-electron chi connectivity index (χ4n) is 2.74. The summed E-state index contributed by atoms with van der Waals surface area (Å²) < 4.78 is 0. The number of hydrogen-bond acceptors (Lipinski definition) is 3. The van der Waals surface area contributed by atoms with Crippen LogP contribution in [0.2, 0.25) is 10.0 Å². The fraction of sp³-hybridized carbons (Fsp3) is 0.562. The molecular formula is C16H23Cl2N3O. The molecule has 1 aromatic carbocycles. The number of piperidine rings is 1. The van der Waals surface area contributed by atoms with Crippen molar-refractivity contribution in [1.29, 1.82) is 0 Å². The average molecular weight is 344 g/mol. The van der Waals surface area contributed by atoms with Gasteiger partial charge in [0, 0.05) is 12.6 Å². The summed E-state index contributed by atoms with van der Waals surface area (Å²) in [4.78, 5) is 14.2. The van der Waals surface area contributed by atoms with Gasteiger partial charge in [0.2, 0.25) is 5.91 Å². The summed E-state index contributed by atoms with van der Waals surface area (Å²) in [5, 5.41) is 7.41. The Hall–Kier alpha value is -0.810. The van der Waals surface area contributed by atoms with E-state index in [-0.39, 0.29) is 5.91 Å². The zero-order valence-corrected chi connectivity index (χ0v) is 14.4. The SMILES string of the molecule is CN(CC(=O)NCCc1cccc(Cl)c1Cl)C1CCNCC1. The van der Waals surface area contributed by atoms with E-state index in [1.807, 2.05) is 19.2 Å². The van der Waals surface area contributed by atoms with E-state index in [4.69, 9.17) is 23.2 Å². The number of carbonyl (C=O) groups excluding carboxylic acids is 1. The molecular weight excluding hydrogens is 321 g/mol. The van der Waals surface area contributed by atoms with Crippen molar-refractivity contribution in [2.24, 2.45) is 0 Å². The van der Waals surface area contributed by atoms with Gasteiger partial charge in [-0.2, -0.15) is 0 Å². The van der Waals surface area contributed by atoms with Crippen LogP contribution in [0.1, 0.15) is 18.4 Å². The number of amides is 1. The van der Waals surface area contributed by atoms with Crippen molar-refractivity contribution >= 4 is 29.1 Å². The smallest absolute Gasteiger partial charge is 0.234 e. The van der Waals surface area contributed by atoms with Gasteiger partial charge in [-0.15, -0.1) is 0 Å². The second-order valence-corrected chi connectivity index (χ2v) is 6.49. The number of rotatable bonds is 6. The van der Waals surface area contributed by atoms with Gasteiger partial charge < -0.3 is 10.6 Å². The maximum Gasteiger partial charge on any atom is 0.234 e. The molecule has 122 valence electrons. The summed E-state index contributed by atoms with van der Waals surface area (Å²) >= 11 is 12.1. The van der Waals surface area contributed by atoms with E-state index < -0.39 is 0 Å². The maximum atomic E-state index is 12.0. The molecule has 4 nitrogen and oxygen atoms in total. The van der Waals surface area contributed by atoms with Crippen molar-refractivity contribution in [1.82, 2.24) is 15.5 Å². The Morgan fingerprint density at radius 1 is 1.36 bits per heavy atom. The van der Waals surface area contributed by atoms with Crippen LogP contribution in [0.4, 0.5) is 0 Å². The third-order valence-corrected chi connectivity index (χ3v) is 4.93. The van der Waals surface area contributed by atoms with Crippen LogP contribution < -0.4 is 10.6 Å². The molecule has 0 saturated carbocycles. The first-order valence-corrected chi connectivity index (χ1v) is 8.44. The summed E-state index contributed by atoms with van der Waals surface area (Å²) in [7, 11) is 2.02. The van der Waals surface area contributed by atoms with E-state index in [1.165, 1.54) is 0 Å². The molecule has 1 fully saturated rings. The second kappa shape index (κ2) is 8.73. The first-order valence-electron chi connectivity index (χ1n) is 7.68. The second-order valence-electron chi connectivity index (χ2n) is 5.71. The van der Waals surface area contributed by atoms with Crippen molar-refractivity contribution in [2.75, 3.05) is 33.2 Å². The number of benzene rings is 1. The number of likely N-dealkylation sites (N-methyl/N-ethyl adjacent to an activating group) is 1. The van der Waals surface area contributed by atoms with E-state index in [2.05, 4.69) is 15.5 Å². The Morgan fingerprint density at radius 2 is 2.09 bits per heavy atom. The molecule has 1 heterocycles. The van der Waals surface area contributed by atoms with Gasteiger partial charge in [-0.25, -0.2) is 0 Å². The van der Waals surface area contributed by atoms with Gasteiger partial charge in [0.05, 0.1) is 16.6 Å². The van der Waals surface area contributed by atoms with Gasteiger partial charge in [0.15, 0.2) is 0 Å². The summed E-state index contributed by atoms with van der Waals surface area (Å²) in [5.41, 5.74) is 0.959. The first-order chi connectivity index (χ1) is 10.6. The lowest BCUT2D eigenvalue weighted by molar-refractivity contribution is -0.122. The van der Waals surface area contributed by atoms with E-state index in [0.717, 1.165) is 31.5 Å². The molecule has 2 N–H and O–H groups in total. The lowest BCUT2D eigenvalue weighted by Crippen LogP contribution is -2.45. The Labute approximate surface area is 142 Å². The third kappa shape index (κ3) is 5.13. The van der Waals surface area contributed by atoms with Crippen LogP contribution in [0.15, 0.2) is 18.2 Å². The molecule has 0 radical (unpaired) electrons. The normalized spacial score (nSPS) is 16.0. The van der Waals surface area contributed by atoms with Crippen LogP contribution in [0.3, 0.4) is 0 Å². The minimum Gasteiger partial charge on any atom is -0.355 e. The van der Waals surface area contributed by atoms with Crippen LogP contribution in [0, 0.1) is 0 Å². The average Bonchev–Trinajstić information content (AvgIpc) is 2.52. The Morgan fingerprint density at radius 3 is 2.82 bits per heavy atom. The Balaban J connectivity index is 1.72. The molecule has 0 spiro atoms. The summed E-state index contributed by atoms with van der Waals surface area (Å²) in [5.74, 6) is 0.0548. The van der Waals surface area contributed by atoms with Crippen molar-refractivity contribution in [3.05, 3.63) is 33.8 Å². The molecule has 1 aliphatic heterocycles. The van der Waals surface area contributed by atoms with E-state index in [1.54, 1.807) is 6.07 Å². The van der Waals surface area contributed by atoms with Gasteiger partial charge in [0.25, 0.3) is 0 Å². The standard InChI is InChI=1S/C16H23Cl2N3O/c1-21(13-6-8-19-9-7-13)11-15(22)20-10-5-12-3-2-4-14(17)16(12)18/h2-4,13,19H,5-11H2,1H3,(H,20,22). The van der Waals surface area contributed by atoms with E-state index in [0.29, 0.717) is 35.6 Å². The highest BCUT2D eigenvalue weighted by molar-refractivity contribution is 6.42. The van der Waals surface area contributed by atoms with Gasteiger partial charge in [-0.05, 0) is 51.0 Å². The quantitative estimate of drug-likeness (QED) is 0.833. The van der Waals surface area contributed by atoms with Crippen LogP contribution in [0.5, 0.6) is 0 Å². The first kappa shape index (κ1) is 17.5. The Kier molecular flexibility index (Phi) is 6.96. The van der Waals surface area contributed by atoms with E-state index in [9.17, 15) is 4.79 Å². The number of carbonyl (C=O) groups is 1. The van der Waals surface area contributed by atoms with Gasteiger partial charge in [-0.3, -0.25) is 9.69 Å². The molecule has 0 unspecified atom stereocenters. The molecule has 6 heteroatoms. The molecule has 1 aliphatic rings. The molecule has 0 atom stereocenters. The van der Waals surface area contributed by atoms with Crippen molar-refractivity contribution in [2.45, 2.75) is 25.3 Å². The molecule has 0 bridgehead atoms. The van der Waals surface area contributed by atoms with Crippen LogP contribution in [-0.2, 0) is 11.2 Å². The highest BCUT2D eigenvalue weighted by atomic mass is 35.5. The van der Waals surface area contributed by atoms with Crippen LogP contribution in [0.25, 0.3) is 0 Å². The van der Waals surface area contributed by atoms with Gasteiger partial charge >= 0.3 is 0 Å². The summed E-state index contributed by atoms with van der Waals surface area (Å²) in [6.07, 6.45) is 2.88. The molecule has 0 aromatic heterocycles. The predicted octanol–water partition coefficient (Wildman–Crippen LogP) is 2.34. The zero-order chi connectivity index (χ0) is 15.9. The van der Waals surface area contributed by atoms with Crippen molar-refractivity contribution < 1.29 is 4.79 Å². The minimum atomic E-state index is 0.0548. The van der Waals surface area contributed by atoms with Crippen LogP contribution in [-0.4, -0.2) is 50.1 Å². The molecule has 1 amide bonds. The lowest BCUT2D eigenvalue weighted by atomic mass is 10.1. The molecule has 2 rings (SSSR count). The molecule has 1 aromatic rings. The summed E-state index contributed by atoms with van der Waals surface area (Å²) in [6, 6.07) is 6.06. The lowest BCUT2D eigenvalue weighted by Gasteiger charge is -2.31. The molecule has 1 saturated heterocycles. The largest absolute Gasteiger partial charge is 0.355 e. The third-order valence-electron chi connectivity index (χ3n) is 4.07. The number of nitrogens with one attached hydrogen (secondary N) is 2. The molecule has 0 aliphatic carbocycles. The predicted molar refractivity (Wildman–Crippen MR) is 91.7 cm³/mol. The maximum absolute atomic E-state index is 12.0. The molecule has 22 heavy (non-hydrogen) atoms.